The summed E-state index contributed by atoms with van der Waals surface area (Å²) in [5, 5.41) is 12.4. The van der Waals surface area contributed by atoms with Gasteiger partial charge in [-0.3, -0.25) is 4.79 Å². The van der Waals surface area contributed by atoms with E-state index in [2.05, 4.69) is 17.4 Å². The maximum absolute atomic E-state index is 12.5. The average Bonchev–Trinajstić information content (AvgIpc) is 3.22. The van der Waals surface area contributed by atoms with E-state index in [1.807, 2.05) is 36.4 Å². The Morgan fingerprint density at radius 2 is 1.42 bits per heavy atom. The molecule has 4 rings (SSSR count). The van der Waals surface area contributed by atoms with Gasteiger partial charge in [0.15, 0.2) is 11.5 Å². The fourth-order valence-electron chi connectivity index (χ4n) is 4.62. The van der Waals surface area contributed by atoms with Crippen LogP contribution in [0, 0.1) is 5.92 Å². The molecule has 0 fully saturated rings. The van der Waals surface area contributed by atoms with Crippen molar-refractivity contribution in [3.63, 3.8) is 0 Å². The number of aliphatic carboxylic acids is 1. The first-order valence-corrected chi connectivity index (χ1v) is 11.6. The molecule has 8 heteroatoms. The van der Waals surface area contributed by atoms with E-state index in [4.69, 9.17) is 18.9 Å². The zero-order valence-electron chi connectivity index (χ0n) is 20.4. The third-order valence-corrected chi connectivity index (χ3v) is 6.44. The van der Waals surface area contributed by atoms with Gasteiger partial charge in [-0.05, 0) is 40.3 Å². The van der Waals surface area contributed by atoms with Crippen LogP contribution in [0.15, 0.2) is 60.7 Å². The highest BCUT2D eigenvalue weighted by Crippen LogP contribution is 2.44. The molecule has 1 aliphatic rings. The Kier molecular flexibility index (Phi) is 7.63. The molecule has 0 spiro atoms. The average molecular weight is 492 g/mol. The number of ether oxygens (including phenoxy) is 4. The van der Waals surface area contributed by atoms with Crippen LogP contribution in [-0.2, 0) is 16.0 Å². The van der Waals surface area contributed by atoms with Crippen molar-refractivity contribution in [1.82, 2.24) is 5.32 Å². The van der Waals surface area contributed by atoms with Crippen molar-refractivity contribution in [2.75, 3.05) is 34.5 Å². The number of alkyl carbamates (subject to hydrolysis) is 1. The van der Waals surface area contributed by atoms with Gasteiger partial charge in [0.2, 0.25) is 0 Å². The zero-order valence-corrected chi connectivity index (χ0v) is 20.4. The Bertz CT molecular complexity index is 1210. The number of hydrogen-bond acceptors (Lipinski definition) is 6. The van der Waals surface area contributed by atoms with Crippen molar-refractivity contribution in [3.8, 4) is 28.4 Å². The molecule has 0 saturated carbocycles. The van der Waals surface area contributed by atoms with Crippen LogP contribution in [-0.4, -0.2) is 51.7 Å². The number of carbonyl (C=O) groups is 2. The van der Waals surface area contributed by atoms with E-state index in [-0.39, 0.29) is 25.5 Å². The van der Waals surface area contributed by atoms with Gasteiger partial charge in [0.1, 0.15) is 12.4 Å². The third-order valence-electron chi connectivity index (χ3n) is 6.44. The van der Waals surface area contributed by atoms with E-state index in [1.54, 1.807) is 12.1 Å². The van der Waals surface area contributed by atoms with Gasteiger partial charge in [-0.2, -0.15) is 0 Å². The standard InChI is InChI=1S/C28H29NO7/c1-33-24-14-26(35-3)25(34-2)13-17(24)12-18(27(30)31)15-29-28(32)36-16-23-21-10-6-4-8-19(21)20-9-5-7-11-22(20)23/h4-11,13-14,18,23H,12,15-16H2,1-3H3,(H,29,32)(H,30,31)/t18-/m1/s1. The molecule has 3 aromatic carbocycles. The molecule has 0 heterocycles. The Labute approximate surface area is 209 Å². The number of carboxylic acids is 1. The van der Waals surface area contributed by atoms with Crippen LogP contribution in [0.2, 0.25) is 0 Å². The van der Waals surface area contributed by atoms with Crippen LogP contribution in [0.5, 0.6) is 17.2 Å². The summed E-state index contributed by atoms with van der Waals surface area (Å²) in [7, 11) is 4.51. The number of benzene rings is 3. The number of amides is 1. The minimum Gasteiger partial charge on any atom is -0.496 e. The summed E-state index contributed by atoms with van der Waals surface area (Å²) in [4.78, 5) is 24.5. The molecule has 2 N–H and O–H groups in total. The van der Waals surface area contributed by atoms with Gasteiger partial charge in [-0.1, -0.05) is 48.5 Å². The quantitative estimate of drug-likeness (QED) is 0.431. The van der Waals surface area contributed by atoms with Gasteiger partial charge >= 0.3 is 12.1 Å². The summed E-state index contributed by atoms with van der Waals surface area (Å²) in [5.74, 6) is -0.624. The lowest BCUT2D eigenvalue weighted by molar-refractivity contribution is -0.141. The molecule has 36 heavy (non-hydrogen) atoms. The maximum Gasteiger partial charge on any atom is 0.407 e. The highest BCUT2D eigenvalue weighted by atomic mass is 16.5. The lowest BCUT2D eigenvalue weighted by Gasteiger charge is -2.18. The van der Waals surface area contributed by atoms with Crippen molar-refractivity contribution >= 4 is 12.1 Å². The largest absolute Gasteiger partial charge is 0.496 e. The summed E-state index contributed by atoms with van der Waals surface area (Å²) >= 11 is 0. The van der Waals surface area contributed by atoms with Crippen LogP contribution in [0.25, 0.3) is 11.1 Å². The molecular weight excluding hydrogens is 462 g/mol. The van der Waals surface area contributed by atoms with Gasteiger partial charge in [0.25, 0.3) is 0 Å². The smallest absolute Gasteiger partial charge is 0.407 e. The number of rotatable bonds is 10. The fourth-order valence-corrected chi connectivity index (χ4v) is 4.62. The van der Waals surface area contributed by atoms with Crippen molar-refractivity contribution in [3.05, 3.63) is 77.4 Å². The van der Waals surface area contributed by atoms with Gasteiger partial charge in [0, 0.05) is 18.5 Å². The molecule has 0 radical (unpaired) electrons. The Morgan fingerprint density at radius 1 is 0.861 bits per heavy atom. The molecular formula is C28H29NO7. The molecule has 1 amide bonds. The summed E-state index contributed by atoms with van der Waals surface area (Å²) in [6.45, 7) is 0.0462. The number of methoxy groups -OCH3 is 3. The Balaban J connectivity index is 1.40. The van der Waals surface area contributed by atoms with Crippen molar-refractivity contribution in [1.29, 1.82) is 0 Å². The molecule has 0 saturated heterocycles. The molecule has 188 valence electrons. The molecule has 1 atom stereocenters. The predicted octanol–water partition coefficient (Wildman–Crippen LogP) is 4.49. The van der Waals surface area contributed by atoms with E-state index in [9.17, 15) is 14.7 Å². The number of hydrogen-bond donors (Lipinski definition) is 2. The van der Waals surface area contributed by atoms with Crippen LogP contribution in [0.3, 0.4) is 0 Å². The fraction of sp³-hybridized carbons (Fsp3) is 0.286. The number of fused-ring (bicyclic) bond motifs is 3. The van der Waals surface area contributed by atoms with E-state index < -0.39 is 18.0 Å². The second-order valence-corrected chi connectivity index (χ2v) is 8.46. The first kappa shape index (κ1) is 24.9. The summed E-state index contributed by atoms with van der Waals surface area (Å²) in [6.07, 6.45) is -0.551. The predicted molar refractivity (Wildman–Crippen MR) is 134 cm³/mol. The van der Waals surface area contributed by atoms with Crippen LogP contribution >= 0.6 is 0 Å². The van der Waals surface area contributed by atoms with Crippen LogP contribution in [0.1, 0.15) is 22.6 Å². The summed E-state index contributed by atoms with van der Waals surface area (Å²) < 4.78 is 21.5. The third kappa shape index (κ3) is 5.07. The number of nitrogens with one attached hydrogen (secondary N) is 1. The highest BCUT2D eigenvalue weighted by Gasteiger charge is 2.29. The minimum absolute atomic E-state index is 0.0746. The molecule has 0 bridgehead atoms. The van der Waals surface area contributed by atoms with Crippen LogP contribution in [0.4, 0.5) is 4.79 Å². The Morgan fingerprint density at radius 3 is 1.97 bits per heavy atom. The first-order chi connectivity index (χ1) is 17.5. The topological polar surface area (TPSA) is 103 Å². The van der Waals surface area contributed by atoms with Gasteiger partial charge in [0.05, 0.1) is 27.2 Å². The second-order valence-electron chi connectivity index (χ2n) is 8.46. The molecule has 1 aliphatic carbocycles. The van der Waals surface area contributed by atoms with E-state index in [0.29, 0.717) is 22.8 Å². The van der Waals surface area contributed by atoms with Crippen molar-refractivity contribution in [2.45, 2.75) is 12.3 Å². The van der Waals surface area contributed by atoms with E-state index in [0.717, 1.165) is 22.3 Å². The number of carboxylic acid groups (broad SMARTS) is 1. The van der Waals surface area contributed by atoms with E-state index >= 15 is 0 Å². The van der Waals surface area contributed by atoms with Crippen molar-refractivity contribution < 1.29 is 33.6 Å². The van der Waals surface area contributed by atoms with Gasteiger partial charge < -0.3 is 29.4 Å². The molecule has 8 nitrogen and oxygen atoms in total. The zero-order chi connectivity index (χ0) is 25.7. The molecule has 0 aliphatic heterocycles. The lowest BCUT2D eigenvalue weighted by Crippen LogP contribution is -2.35. The summed E-state index contributed by atoms with van der Waals surface area (Å²) in [6, 6.07) is 19.5. The lowest BCUT2D eigenvalue weighted by atomic mass is 9.98. The van der Waals surface area contributed by atoms with Gasteiger partial charge in [-0.25, -0.2) is 4.79 Å². The maximum atomic E-state index is 12.5. The highest BCUT2D eigenvalue weighted by molar-refractivity contribution is 5.79. The number of carbonyl (C=O) groups excluding carboxylic acids is 1. The first-order valence-electron chi connectivity index (χ1n) is 11.6. The monoisotopic (exact) mass is 491 g/mol. The Hall–Kier alpha value is -4.20. The minimum atomic E-state index is -1.05. The molecule has 0 unspecified atom stereocenters. The van der Waals surface area contributed by atoms with E-state index in [1.165, 1.54) is 21.3 Å². The SMILES string of the molecule is COc1cc(OC)c(OC)cc1C[C@H](CNC(=O)OCC1c2ccccc2-c2ccccc21)C(=O)O. The molecule has 3 aromatic rings. The summed E-state index contributed by atoms with van der Waals surface area (Å²) in [5.41, 5.74) is 5.11. The normalized spacial score (nSPS) is 12.8. The van der Waals surface area contributed by atoms with Crippen LogP contribution < -0.4 is 19.5 Å². The van der Waals surface area contributed by atoms with Crippen molar-refractivity contribution in [2.24, 2.45) is 5.92 Å². The molecule has 0 aromatic heterocycles. The second kappa shape index (κ2) is 11.0. The van der Waals surface area contributed by atoms with Gasteiger partial charge in [-0.15, -0.1) is 0 Å².